The van der Waals surface area contributed by atoms with Gasteiger partial charge in [-0.05, 0) is 69.7 Å². The largest absolute Gasteiger partial charge is 0.480 e. The molecule has 6 heteroatoms. The summed E-state index contributed by atoms with van der Waals surface area (Å²) in [5, 5.41) is 13.2. The van der Waals surface area contributed by atoms with E-state index in [2.05, 4.69) is 17.4 Å². The summed E-state index contributed by atoms with van der Waals surface area (Å²) in [6.45, 7) is 3.72. The lowest BCUT2D eigenvalue weighted by Crippen LogP contribution is -2.49. The number of rotatable bonds is 9. The Morgan fingerprint density at radius 2 is 2.16 bits per heavy atom. The van der Waals surface area contributed by atoms with Crippen LogP contribution in [0.15, 0.2) is 36.4 Å². The van der Waals surface area contributed by atoms with Crippen LogP contribution in [0.1, 0.15) is 54.1 Å². The van der Waals surface area contributed by atoms with Crippen LogP contribution in [0, 0.1) is 6.92 Å². The van der Waals surface area contributed by atoms with Crippen molar-refractivity contribution in [3.05, 3.63) is 58.8 Å². The zero-order valence-electron chi connectivity index (χ0n) is 18.5. The molecule has 1 saturated carbocycles. The fourth-order valence-electron chi connectivity index (χ4n) is 4.62. The van der Waals surface area contributed by atoms with Gasteiger partial charge in [0.25, 0.3) is 0 Å². The van der Waals surface area contributed by atoms with Gasteiger partial charge in [-0.15, -0.1) is 0 Å². The third-order valence-electron chi connectivity index (χ3n) is 6.53. The van der Waals surface area contributed by atoms with E-state index in [1.54, 1.807) is 0 Å². The summed E-state index contributed by atoms with van der Waals surface area (Å²) in [5.74, 6) is 0.251. The van der Waals surface area contributed by atoms with E-state index in [4.69, 9.17) is 9.72 Å². The molecular formula is C25H33N3O3. The predicted molar refractivity (Wildman–Crippen MR) is 121 cm³/mol. The number of carbonyl (C=O) groups is 1. The number of carboxylic acids is 1. The highest BCUT2D eigenvalue weighted by Crippen LogP contribution is 2.33. The molecule has 0 radical (unpaired) electrons. The second-order valence-corrected chi connectivity index (χ2v) is 8.88. The average Bonchev–Trinajstić information content (AvgIpc) is 2.72. The molecule has 2 aromatic rings. The summed E-state index contributed by atoms with van der Waals surface area (Å²) < 4.78 is 6.04. The number of fused-ring (bicyclic) bond motifs is 1. The number of aryl methyl sites for hydroxylation is 3. The van der Waals surface area contributed by atoms with E-state index in [9.17, 15) is 9.90 Å². The van der Waals surface area contributed by atoms with Crippen molar-refractivity contribution in [1.82, 2.24) is 9.88 Å². The van der Waals surface area contributed by atoms with Crippen molar-refractivity contribution in [1.29, 1.82) is 0 Å². The van der Waals surface area contributed by atoms with Crippen molar-refractivity contribution in [2.45, 2.75) is 63.6 Å². The van der Waals surface area contributed by atoms with Gasteiger partial charge in [0.2, 0.25) is 0 Å². The zero-order chi connectivity index (χ0) is 21.8. The number of nitrogens with one attached hydrogen (secondary N) is 1. The fourth-order valence-corrected chi connectivity index (χ4v) is 4.62. The van der Waals surface area contributed by atoms with Crippen molar-refractivity contribution < 1.29 is 14.6 Å². The molecule has 0 amide bonds. The van der Waals surface area contributed by atoms with Gasteiger partial charge in [0, 0.05) is 24.9 Å². The highest BCUT2D eigenvalue weighted by molar-refractivity contribution is 5.75. The number of ether oxygens (including phenoxy) is 1. The first-order valence-corrected chi connectivity index (χ1v) is 11.4. The number of pyridine rings is 1. The van der Waals surface area contributed by atoms with Gasteiger partial charge in [0.15, 0.2) is 0 Å². The Kier molecular flexibility index (Phi) is 6.88. The second kappa shape index (κ2) is 9.79. The number of hydrogen-bond acceptors (Lipinski definition) is 5. The average molecular weight is 424 g/mol. The van der Waals surface area contributed by atoms with Crippen molar-refractivity contribution in [2.75, 3.05) is 25.5 Å². The standard InChI is InChI=1S/C25H33N3O3/c1-17-6-3-7-19(14-17)23(25(29)30)28(2)21-15-22(16-21)31-13-5-9-20-11-10-18-8-4-12-26-24(18)27-20/h3,6-7,10-11,14,21-23H,4-5,8-9,12-13,15-16H2,1-2H3,(H,26,27)(H,29,30). The van der Waals surface area contributed by atoms with Crippen molar-refractivity contribution in [2.24, 2.45) is 0 Å². The van der Waals surface area contributed by atoms with E-state index in [0.29, 0.717) is 6.61 Å². The minimum Gasteiger partial charge on any atom is -0.480 e. The molecule has 1 aromatic carbocycles. The molecule has 31 heavy (non-hydrogen) atoms. The van der Waals surface area contributed by atoms with Gasteiger partial charge in [0.05, 0.1) is 6.10 Å². The molecule has 1 aliphatic heterocycles. The van der Waals surface area contributed by atoms with Crippen LogP contribution in [0.2, 0.25) is 0 Å². The first-order valence-electron chi connectivity index (χ1n) is 11.4. The van der Waals surface area contributed by atoms with Crippen LogP contribution in [-0.2, 0) is 22.4 Å². The van der Waals surface area contributed by atoms with Gasteiger partial charge in [-0.1, -0.05) is 35.9 Å². The van der Waals surface area contributed by atoms with Crippen molar-refractivity contribution >= 4 is 11.8 Å². The smallest absolute Gasteiger partial charge is 0.325 e. The molecule has 2 heterocycles. The number of benzene rings is 1. The van der Waals surface area contributed by atoms with Gasteiger partial charge in [-0.2, -0.15) is 0 Å². The predicted octanol–water partition coefficient (Wildman–Crippen LogP) is 3.99. The molecule has 6 nitrogen and oxygen atoms in total. The molecule has 1 aromatic heterocycles. The van der Waals surface area contributed by atoms with E-state index < -0.39 is 12.0 Å². The Balaban J connectivity index is 1.21. The third-order valence-corrected chi connectivity index (χ3v) is 6.53. The number of aromatic nitrogens is 1. The van der Waals surface area contributed by atoms with E-state index in [-0.39, 0.29) is 12.1 Å². The van der Waals surface area contributed by atoms with Crippen LogP contribution in [0.4, 0.5) is 5.82 Å². The van der Waals surface area contributed by atoms with Crippen molar-refractivity contribution in [3.63, 3.8) is 0 Å². The number of likely N-dealkylation sites (N-methyl/N-ethyl adjacent to an activating group) is 1. The summed E-state index contributed by atoms with van der Waals surface area (Å²) in [5.41, 5.74) is 4.36. The first kappa shape index (κ1) is 21.8. The molecule has 1 atom stereocenters. The van der Waals surface area contributed by atoms with Gasteiger partial charge in [0.1, 0.15) is 11.9 Å². The van der Waals surface area contributed by atoms with Crippen LogP contribution in [0.25, 0.3) is 0 Å². The molecule has 0 bridgehead atoms. The molecule has 2 aliphatic rings. The maximum Gasteiger partial charge on any atom is 0.325 e. The summed E-state index contributed by atoms with van der Waals surface area (Å²) >= 11 is 0. The molecule has 0 spiro atoms. The van der Waals surface area contributed by atoms with E-state index in [1.807, 2.05) is 43.1 Å². The molecule has 2 N–H and O–H groups in total. The van der Waals surface area contributed by atoms with Crippen LogP contribution in [0.5, 0.6) is 0 Å². The Bertz CT molecular complexity index is 911. The van der Waals surface area contributed by atoms with E-state index in [1.165, 1.54) is 12.0 Å². The Hall–Kier alpha value is -2.44. The Morgan fingerprint density at radius 3 is 2.94 bits per heavy atom. The maximum atomic E-state index is 11.9. The molecule has 4 rings (SSSR count). The molecule has 166 valence electrons. The van der Waals surface area contributed by atoms with Crippen LogP contribution in [0.3, 0.4) is 0 Å². The Morgan fingerprint density at radius 1 is 1.32 bits per heavy atom. The van der Waals surface area contributed by atoms with E-state index in [0.717, 1.165) is 61.3 Å². The van der Waals surface area contributed by atoms with E-state index >= 15 is 0 Å². The van der Waals surface area contributed by atoms with Crippen LogP contribution >= 0.6 is 0 Å². The quantitative estimate of drug-likeness (QED) is 0.594. The summed E-state index contributed by atoms with van der Waals surface area (Å²) in [6, 6.07) is 11.7. The lowest BCUT2D eigenvalue weighted by Gasteiger charge is -2.43. The number of aliphatic carboxylic acids is 1. The molecule has 1 unspecified atom stereocenters. The van der Waals surface area contributed by atoms with Gasteiger partial charge < -0.3 is 15.2 Å². The highest BCUT2D eigenvalue weighted by Gasteiger charge is 2.38. The lowest BCUT2D eigenvalue weighted by molar-refractivity contribution is -0.146. The van der Waals surface area contributed by atoms with Crippen LogP contribution < -0.4 is 5.32 Å². The number of nitrogens with zero attached hydrogens (tertiary/aromatic N) is 2. The zero-order valence-corrected chi connectivity index (χ0v) is 18.5. The number of anilines is 1. The summed E-state index contributed by atoms with van der Waals surface area (Å²) in [4.78, 5) is 18.7. The minimum absolute atomic E-state index is 0.220. The van der Waals surface area contributed by atoms with Gasteiger partial charge in [-0.3, -0.25) is 9.69 Å². The van der Waals surface area contributed by atoms with Crippen LogP contribution in [-0.4, -0.2) is 53.3 Å². The first-order chi connectivity index (χ1) is 15.0. The molecule has 0 saturated heterocycles. The molecular weight excluding hydrogens is 390 g/mol. The summed E-state index contributed by atoms with van der Waals surface area (Å²) in [6.07, 6.45) is 6.14. The topological polar surface area (TPSA) is 74.7 Å². The highest BCUT2D eigenvalue weighted by atomic mass is 16.5. The monoisotopic (exact) mass is 423 g/mol. The SMILES string of the molecule is Cc1cccc(C(C(=O)O)N(C)C2CC(OCCCc3ccc4c(n3)NCCC4)C2)c1. The third kappa shape index (κ3) is 5.25. The molecule has 1 fully saturated rings. The summed E-state index contributed by atoms with van der Waals surface area (Å²) in [7, 11) is 1.91. The van der Waals surface area contributed by atoms with Gasteiger partial charge in [-0.25, -0.2) is 4.98 Å². The number of hydrogen-bond donors (Lipinski definition) is 2. The lowest BCUT2D eigenvalue weighted by atomic mass is 9.86. The Labute approximate surface area is 184 Å². The normalized spacial score (nSPS) is 21.1. The number of carboxylic acid groups (broad SMARTS) is 1. The fraction of sp³-hybridized carbons (Fsp3) is 0.520. The maximum absolute atomic E-state index is 11.9. The molecule has 1 aliphatic carbocycles. The minimum atomic E-state index is -0.801. The van der Waals surface area contributed by atoms with Crippen molar-refractivity contribution in [3.8, 4) is 0 Å². The second-order valence-electron chi connectivity index (χ2n) is 8.88. The van der Waals surface area contributed by atoms with Gasteiger partial charge >= 0.3 is 5.97 Å².